The van der Waals surface area contributed by atoms with Crippen molar-refractivity contribution < 1.29 is 33.8 Å². The third kappa shape index (κ3) is 9.80. The monoisotopic (exact) mass is 872 g/mol. The Bertz CT molecular complexity index is 2990. The van der Waals surface area contributed by atoms with Crippen molar-refractivity contribution in [3.05, 3.63) is 204 Å². The minimum absolute atomic E-state index is 0.000950. The molecule has 13 heteroatoms. The number of alkyl carbamates (subject to hydrolysis) is 1. The Hall–Kier alpha value is -8.97. The quantitative estimate of drug-likeness (QED) is 0.0821. The van der Waals surface area contributed by atoms with Crippen molar-refractivity contribution in [2.24, 2.45) is 0 Å². The van der Waals surface area contributed by atoms with Gasteiger partial charge in [-0.05, 0) is 106 Å². The maximum Gasteiger partial charge on any atom is 0.407 e. The molecular formula is C53H40N6O7. The van der Waals surface area contributed by atoms with Gasteiger partial charge in [0.1, 0.15) is 25.5 Å². The summed E-state index contributed by atoms with van der Waals surface area (Å²) in [6.45, 7) is -0.222. The SMILES string of the molecule is O=C(CNC(=O)OCC1c2ccccc2-c2ccccc21)Nc1cc(OCc2ccc(-c3cc(-c4ccccn4)nc(-c4ccccn4)c3)cc2)cc(C(=O)Nc2cccc(C(=O)O)c2)c1. The lowest BCUT2D eigenvalue weighted by Gasteiger charge is -2.15. The lowest BCUT2D eigenvalue weighted by molar-refractivity contribution is -0.115. The number of hydrogen-bond acceptors (Lipinski definition) is 9. The zero-order chi connectivity index (χ0) is 45.4. The number of nitrogens with one attached hydrogen (secondary N) is 3. The second-order valence-corrected chi connectivity index (χ2v) is 15.4. The Labute approximate surface area is 379 Å². The number of pyridine rings is 3. The highest BCUT2D eigenvalue weighted by molar-refractivity contribution is 6.06. The van der Waals surface area contributed by atoms with Crippen molar-refractivity contribution in [3.8, 4) is 50.8 Å². The van der Waals surface area contributed by atoms with Gasteiger partial charge in [-0.1, -0.05) is 91.0 Å². The number of anilines is 2. The molecule has 0 fully saturated rings. The molecule has 0 atom stereocenters. The predicted molar refractivity (Wildman–Crippen MR) is 250 cm³/mol. The number of nitrogens with zero attached hydrogens (tertiary/aromatic N) is 3. The lowest BCUT2D eigenvalue weighted by Crippen LogP contribution is -2.34. The van der Waals surface area contributed by atoms with Crippen LogP contribution in [0.1, 0.15) is 43.3 Å². The maximum atomic E-state index is 13.6. The van der Waals surface area contributed by atoms with Crippen LogP contribution < -0.4 is 20.7 Å². The highest BCUT2D eigenvalue weighted by Crippen LogP contribution is 2.44. The van der Waals surface area contributed by atoms with Crippen LogP contribution in [0.15, 0.2) is 176 Å². The second kappa shape index (κ2) is 19.2. The van der Waals surface area contributed by atoms with E-state index in [-0.39, 0.29) is 47.4 Å². The number of aromatic carboxylic acids is 1. The van der Waals surface area contributed by atoms with E-state index in [4.69, 9.17) is 14.5 Å². The van der Waals surface area contributed by atoms with Gasteiger partial charge in [0.05, 0.1) is 28.3 Å². The maximum absolute atomic E-state index is 13.6. The molecule has 0 aliphatic heterocycles. The molecule has 13 nitrogen and oxygen atoms in total. The summed E-state index contributed by atoms with van der Waals surface area (Å²) in [4.78, 5) is 65.2. The van der Waals surface area contributed by atoms with Crippen molar-refractivity contribution in [3.63, 3.8) is 0 Å². The molecule has 1 aliphatic carbocycles. The molecule has 3 amide bonds. The van der Waals surface area contributed by atoms with Crippen LogP contribution in [0.25, 0.3) is 45.0 Å². The summed E-state index contributed by atoms with van der Waals surface area (Å²) < 4.78 is 11.8. The van der Waals surface area contributed by atoms with Crippen LogP contribution in [0.2, 0.25) is 0 Å². The van der Waals surface area contributed by atoms with E-state index in [1.54, 1.807) is 24.5 Å². The number of carboxylic acids is 1. The Morgan fingerprint density at radius 3 is 1.85 bits per heavy atom. The number of fused-ring (bicyclic) bond motifs is 3. The molecule has 3 heterocycles. The molecule has 324 valence electrons. The minimum Gasteiger partial charge on any atom is -0.489 e. The molecule has 0 spiro atoms. The average molecular weight is 873 g/mol. The molecule has 0 radical (unpaired) electrons. The van der Waals surface area contributed by atoms with Crippen LogP contribution in [0.3, 0.4) is 0 Å². The standard InChI is InChI=1S/C53H40N6O7/c60-50(30-56-53(64)66-32-45-43-14-3-1-12-41(43)42-13-2-4-15-44(42)45)57-39-25-37(51(61)58-38-11-9-10-35(24-38)52(62)63)26-40(29-39)65-31-33-18-20-34(21-19-33)36-27-48(46-16-5-7-22-54-46)59-49(28-36)47-17-6-8-23-55-47/h1-29,45H,30-32H2,(H,56,64)(H,57,60)(H,58,61)(H,62,63). The molecule has 8 aromatic rings. The van der Waals surface area contributed by atoms with Crippen LogP contribution in [0, 0.1) is 0 Å². The number of benzene rings is 5. The number of ether oxygens (including phenoxy) is 2. The van der Waals surface area contributed by atoms with Crippen LogP contribution in [-0.2, 0) is 16.1 Å². The number of carbonyl (C=O) groups excluding carboxylic acids is 3. The lowest BCUT2D eigenvalue weighted by atomic mass is 9.98. The Kier molecular flexibility index (Phi) is 12.3. The normalized spacial score (nSPS) is 11.5. The van der Waals surface area contributed by atoms with Gasteiger partial charge in [0.2, 0.25) is 5.91 Å². The number of amides is 3. The molecule has 5 aromatic carbocycles. The van der Waals surface area contributed by atoms with E-state index in [0.717, 1.165) is 50.3 Å². The highest BCUT2D eigenvalue weighted by atomic mass is 16.5. The summed E-state index contributed by atoms with van der Waals surface area (Å²) in [5.74, 6) is -2.18. The summed E-state index contributed by atoms with van der Waals surface area (Å²) in [5.41, 5.74) is 10.5. The van der Waals surface area contributed by atoms with Gasteiger partial charge in [-0.15, -0.1) is 0 Å². The Morgan fingerprint density at radius 2 is 1.21 bits per heavy atom. The third-order valence-electron chi connectivity index (χ3n) is 10.9. The zero-order valence-electron chi connectivity index (χ0n) is 35.2. The largest absolute Gasteiger partial charge is 0.489 e. The van der Waals surface area contributed by atoms with Gasteiger partial charge >= 0.3 is 12.1 Å². The van der Waals surface area contributed by atoms with Crippen molar-refractivity contribution >= 4 is 35.3 Å². The van der Waals surface area contributed by atoms with Crippen molar-refractivity contribution in [2.45, 2.75) is 12.5 Å². The van der Waals surface area contributed by atoms with Crippen molar-refractivity contribution in [1.82, 2.24) is 20.3 Å². The molecule has 0 unspecified atom stereocenters. The van der Waals surface area contributed by atoms with E-state index < -0.39 is 30.4 Å². The molecule has 66 heavy (non-hydrogen) atoms. The number of hydrogen-bond donors (Lipinski definition) is 4. The van der Waals surface area contributed by atoms with Crippen molar-refractivity contribution in [2.75, 3.05) is 23.8 Å². The first-order chi connectivity index (χ1) is 32.2. The molecule has 0 bridgehead atoms. The van der Waals surface area contributed by atoms with Gasteiger partial charge in [-0.2, -0.15) is 0 Å². The Morgan fingerprint density at radius 1 is 0.576 bits per heavy atom. The first kappa shape index (κ1) is 42.3. The highest BCUT2D eigenvalue weighted by Gasteiger charge is 2.29. The molecule has 0 saturated carbocycles. The fraction of sp³-hybridized carbons (Fsp3) is 0.0755. The smallest absolute Gasteiger partial charge is 0.407 e. The summed E-state index contributed by atoms with van der Waals surface area (Å²) >= 11 is 0. The van der Waals surface area contributed by atoms with E-state index in [1.807, 2.05) is 121 Å². The predicted octanol–water partition coefficient (Wildman–Crippen LogP) is 9.88. The average Bonchev–Trinajstić information content (AvgIpc) is 3.68. The van der Waals surface area contributed by atoms with E-state index in [9.17, 15) is 24.3 Å². The first-order valence-electron chi connectivity index (χ1n) is 21.0. The van der Waals surface area contributed by atoms with E-state index in [0.29, 0.717) is 11.4 Å². The first-order valence-corrected chi connectivity index (χ1v) is 21.0. The number of carbonyl (C=O) groups is 4. The van der Waals surface area contributed by atoms with E-state index in [2.05, 4.69) is 25.9 Å². The summed E-state index contributed by atoms with van der Waals surface area (Å²) in [5, 5.41) is 17.4. The molecular weight excluding hydrogens is 833 g/mol. The van der Waals surface area contributed by atoms with Gasteiger partial charge in [-0.3, -0.25) is 19.6 Å². The molecule has 9 rings (SSSR count). The van der Waals surface area contributed by atoms with Crippen LogP contribution in [-0.4, -0.2) is 57.1 Å². The van der Waals surface area contributed by atoms with Gasteiger partial charge in [-0.25, -0.2) is 14.6 Å². The molecule has 4 N–H and O–H groups in total. The van der Waals surface area contributed by atoms with E-state index >= 15 is 0 Å². The van der Waals surface area contributed by atoms with Gasteiger partial charge in [0.25, 0.3) is 5.91 Å². The summed E-state index contributed by atoms with van der Waals surface area (Å²) in [6.07, 6.45) is 2.70. The van der Waals surface area contributed by atoms with Gasteiger partial charge < -0.3 is 30.5 Å². The molecule has 1 aliphatic rings. The summed E-state index contributed by atoms with van der Waals surface area (Å²) in [6, 6.07) is 49.5. The van der Waals surface area contributed by atoms with Gasteiger partial charge in [0, 0.05) is 41.3 Å². The van der Waals surface area contributed by atoms with E-state index in [1.165, 1.54) is 30.3 Å². The van der Waals surface area contributed by atoms with Crippen LogP contribution >= 0.6 is 0 Å². The van der Waals surface area contributed by atoms with Gasteiger partial charge in [0.15, 0.2) is 0 Å². The minimum atomic E-state index is -1.14. The number of aromatic nitrogens is 3. The fourth-order valence-electron chi connectivity index (χ4n) is 7.77. The molecule has 0 saturated heterocycles. The van der Waals surface area contributed by atoms with Crippen molar-refractivity contribution in [1.29, 1.82) is 0 Å². The number of carboxylic acid groups (broad SMARTS) is 1. The number of rotatable bonds is 14. The molecule has 3 aromatic heterocycles. The topological polar surface area (TPSA) is 182 Å². The zero-order valence-corrected chi connectivity index (χ0v) is 35.2. The Balaban J connectivity index is 0.891. The second-order valence-electron chi connectivity index (χ2n) is 15.4. The third-order valence-corrected chi connectivity index (χ3v) is 10.9. The van der Waals surface area contributed by atoms with Crippen LogP contribution in [0.4, 0.5) is 16.2 Å². The summed E-state index contributed by atoms with van der Waals surface area (Å²) in [7, 11) is 0. The van der Waals surface area contributed by atoms with Crippen LogP contribution in [0.5, 0.6) is 5.75 Å². The fourth-order valence-corrected chi connectivity index (χ4v) is 7.77.